The highest BCUT2D eigenvalue weighted by Gasteiger charge is 2.45. The Morgan fingerprint density at radius 1 is 1.24 bits per heavy atom. The summed E-state index contributed by atoms with van der Waals surface area (Å²) in [5.41, 5.74) is 2.81. The predicted molar refractivity (Wildman–Crippen MR) is 130 cm³/mol. The van der Waals surface area contributed by atoms with Crippen LogP contribution < -0.4 is 16.0 Å². The van der Waals surface area contributed by atoms with Crippen LogP contribution in [0.2, 0.25) is 0 Å². The first-order valence-corrected chi connectivity index (χ1v) is 11.7. The Morgan fingerprint density at radius 2 is 2.08 bits per heavy atom. The summed E-state index contributed by atoms with van der Waals surface area (Å²) in [7, 11) is 0. The monoisotopic (exact) mass is 513 g/mol. The molecule has 1 amide bonds. The van der Waals surface area contributed by atoms with Crippen LogP contribution in [0.1, 0.15) is 17.5 Å². The van der Waals surface area contributed by atoms with Crippen LogP contribution in [-0.4, -0.2) is 92.4 Å². The SMILES string of the molecule is O=C(O)CNC(=O)OC[C@H]1O[C@@H](n2cnc3c2NCN=C3NCCc2c[nH]c3ccccc23)C(O)C1O. The van der Waals surface area contributed by atoms with Crippen LogP contribution in [0.15, 0.2) is 41.8 Å². The van der Waals surface area contributed by atoms with Gasteiger partial charge < -0.3 is 45.7 Å². The van der Waals surface area contributed by atoms with E-state index in [1.54, 1.807) is 4.57 Å². The number of aliphatic imine (C=N–C) groups is 1. The maximum Gasteiger partial charge on any atom is 0.407 e. The van der Waals surface area contributed by atoms with Crippen LogP contribution in [0, 0.1) is 0 Å². The average molecular weight is 514 g/mol. The molecule has 4 atom stereocenters. The highest BCUT2D eigenvalue weighted by Crippen LogP contribution is 2.33. The van der Waals surface area contributed by atoms with Gasteiger partial charge in [-0.05, 0) is 18.1 Å². The summed E-state index contributed by atoms with van der Waals surface area (Å²) in [6.45, 7) is -0.0926. The van der Waals surface area contributed by atoms with Crippen molar-refractivity contribution < 1.29 is 34.4 Å². The van der Waals surface area contributed by atoms with Gasteiger partial charge in [-0.3, -0.25) is 9.36 Å². The number of carbonyl (C=O) groups is 2. The number of fused-ring (bicyclic) bond motifs is 2. The lowest BCUT2D eigenvalue weighted by Crippen LogP contribution is -2.37. The Balaban J connectivity index is 1.21. The van der Waals surface area contributed by atoms with Crippen LogP contribution in [-0.2, 0) is 20.7 Å². The number of amidine groups is 1. The number of para-hydroxylation sites is 1. The summed E-state index contributed by atoms with van der Waals surface area (Å²) in [4.78, 5) is 34.3. The first-order chi connectivity index (χ1) is 17.9. The van der Waals surface area contributed by atoms with E-state index in [1.807, 2.05) is 29.7 Å². The van der Waals surface area contributed by atoms with Crippen molar-refractivity contribution in [3.8, 4) is 0 Å². The molecule has 2 unspecified atom stereocenters. The van der Waals surface area contributed by atoms with Gasteiger partial charge in [0.1, 0.15) is 49.6 Å². The Bertz CT molecular complexity index is 1320. The van der Waals surface area contributed by atoms with Gasteiger partial charge in [0.15, 0.2) is 12.1 Å². The highest BCUT2D eigenvalue weighted by atomic mass is 16.6. The number of carboxylic acid groups (broad SMARTS) is 1. The molecule has 5 rings (SSSR count). The van der Waals surface area contributed by atoms with Gasteiger partial charge in [-0.1, -0.05) is 18.2 Å². The average Bonchev–Trinajstić information content (AvgIpc) is 3.58. The van der Waals surface area contributed by atoms with Gasteiger partial charge in [0.2, 0.25) is 0 Å². The normalized spacial score (nSPS) is 22.7. The van der Waals surface area contributed by atoms with E-state index < -0.39 is 43.1 Å². The Kier molecular flexibility index (Phi) is 6.94. The molecule has 0 radical (unpaired) electrons. The molecule has 37 heavy (non-hydrogen) atoms. The number of amides is 1. The number of nitrogens with one attached hydrogen (secondary N) is 4. The molecule has 4 heterocycles. The molecule has 2 aliphatic heterocycles. The number of hydrogen-bond acceptors (Lipinski definition) is 10. The molecule has 196 valence electrons. The number of hydrogen-bond donors (Lipinski definition) is 7. The number of aliphatic hydroxyl groups is 2. The van der Waals surface area contributed by atoms with Crippen molar-refractivity contribution in [2.75, 3.05) is 31.7 Å². The van der Waals surface area contributed by atoms with Crippen LogP contribution in [0.25, 0.3) is 10.9 Å². The molecule has 1 fully saturated rings. The molecule has 14 nitrogen and oxygen atoms in total. The molecule has 2 aliphatic rings. The number of imidazole rings is 1. The van der Waals surface area contributed by atoms with E-state index in [1.165, 1.54) is 17.3 Å². The summed E-state index contributed by atoms with van der Waals surface area (Å²) in [6, 6.07) is 8.10. The maximum atomic E-state index is 11.6. The van der Waals surface area contributed by atoms with E-state index in [-0.39, 0.29) is 13.3 Å². The number of aromatic nitrogens is 3. The van der Waals surface area contributed by atoms with E-state index in [2.05, 4.69) is 31.7 Å². The molecular formula is C23H27N7O7. The number of H-pyrrole nitrogens is 1. The first-order valence-electron chi connectivity index (χ1n) is 11.7. The van der Waals surface area contributed by atoms with Gasteiger partial charge in [0, 0.05) is 23.6 Å². The second-order valence-corrected chi connectivity index (χ2v) is 8.62. The standard InChI is InChI=1S/C23H27N7O7/c31-16(32)8-26-23(35)36-9-15-18(33)19(34)22(37-15)30-11-29-17-20(27-10-28-21(17)30)24-6-5-12-7-25-14-4-2-1-3-13(12)14/h1-4,7,11,15,18-19,22,25,28,33-34H,5-6,8-10H2,(H,24,27)(H,26,35)(H,31,32)/t15-,18?,19?,22-/m1/s1. The number of ether oxygens (including phenoxy) is 2. The molecule has 0 aliphatic carbocycles. The lowest BCUT2D eigenvalue weighted by Gasteiger charge is -2.22. The third kappa shape index (κ3) is 5.07. The molecule has 7 N–H and O–H groups in total. The minimum Gasteiger partial charge on any atom is -0.480 e. The van der Waals surface area contributed by atoms with Crippen molar-refractivity contribution in [1.82, 2.24) is 25.2 Å². The number of benzene rings is 1. The van der Waals surface area contributed by atoms with Crippen molar-refractivity contribution in [1.29, 1.82) is 0 Å². The Hall–Kier alpha value is -4.14. The van der Waals surface area contributed by atoms with Crippen molar-refractivity contribution in [3.63, 3.8) is 0 Å². The second kappa shape index (κ2) is 10.5. The van der Waals surface area contributed by atoms with E-state index in [4.69, 9.17) is 14.6 Å². The zero-order valence-corrected chi connectivity index (χ0v) is 19.6. The fraction of sp³-hybridized carbons (Fsp3) is 0.391. The lowest BCUT2D eigenvalue weighted by molar-refractivity contribution is -0.135. The number of alkyl carbamates (subject to hydrolysis) is 1. The van der Waals surface area contributed by atoms with Gasteiger partial charge in [0.25, 0.3) is 0 Å². The molecule has 1 saturated heterocycles. The lowest BCUT2D eigenvalue weighted by atomic mass is 10.1. The quantitative estimate of drug-likeness (QED) is 0.211. The van der Waals surface area contributed by atoms with Crippen LogP contribution >= 0.6 is 0 Å². The predicted octanol–water partition coefficient (Wildman–Crippen LogP) is -0.244. The number of nitrogens with zero attached hydrogens (tertiary/aromatic N) is 3. The minimum atomic E-state index is -1.35. The van der Waals surface area contributed by atoms with E-state index in [9.17, 15) is 19.8 Å². The third-order valence-corrected chi connectivity index (χ3v) is 6.24. The molecule has 0 bridgehead atoms. The van der Waals surface area contributed by atoms with Gasteiger partial charge in [-0.2, -0.15) is 0 Å². The van der Waals surface area contributed by atoms with Crippen molar-refractivity contribution in [2.45, 2.75) is 31.0 Å². The van der Waals surface area contributed by atoms with E-state index in [0.717, 1.165) is 11.9 Å². The van der Waals surface area contributed by atoms with Crippen LogP contribution in [0.4, 0.5) is 10.6 Å². The summed E-state index contributed by atoms with van der Waals surface area (Å²) < 4.78 is 12.2. The molecule has 1 aromatic carbocycles. The molecule has 2 aromatic heterocycles. The summed E-state index contributed by atoms with van der Waals surface area (Å²) in [5.74, 6) is -0.0747. The molecule has 0 spiro atoms. The fourth-order valence-electron chi connectivity index (χ4n) is 4.42. The van der Waals surface area contributed by atoms with E-state index in [0.29, 0.717) is 23.9 Å². The fourth-order valence-corrected chi connectivity index (χ4v) is 4.42. The van der Waals surface area contributed by atoms with Crippen LogP contribution in [0.5, 0.6) is 0 Å². The second-order valence-electron chi connectivity index (χ2n) is 8.62. The van der Waals surface area contributed by atoms with Gasteiger partial charge in [0.05, 0.1) is 6.33 Å². The largest absolute Gasteiger partial charge is 0.480 e. The zero-order valence-electron chi connectivity index (χ0n) is 19.6. The molecule has 14 heteroatoms. The topological polar surface area (TPSA) is 195 Å². The van der Waals surface area contributed by atoms with Gasteiger partial charge in [-0.25, -0.2) is 14.8 Å². The van der Waals surface area contributed by atoms with E-state index >= 15 is 0 Å². The Morgan fingerprint density at radius 3 is 2.92 bits per heavy atom. The number of aromatic amines is 1. The number of anilines is 1. The highest BCUT2D eigenvalue weighted by molar-refractivity contribution is 6.02. The number of carboxylic acids is 1. The number of aliphatic carboxylic acids is 1. The van der Waals surface area contributed by atoms with Gasteiger partial charge >= 0.3 is 12.1 Å². The minimum absolute atomic E-state index is 0.274. The summed E-state index contributed by atoms with van der Waals surface area (Å²) >= 11 is 0. The molecule has 3 aromatic rings. The number of carbonyl (C=O) groups excluding carboxylic acids is 1. The molecular weight excluding hydrogens is 486 g/mol. The van der Waals surface area contributed by atoms with Crippen LogP contribution in [0.3, 0.4) is 0 Å². The van der Waals surface area contributed by atoms with Crippen molar-refractivity contribution in [3.05, 3.63) is 48.0 Å². The number of rotatable bonds is 8. The summed E-state index contributed by atoms with van der Waals surface area (Å²) in [6.07, 6.45) is -1.43. The number of aliphatic hydroxyl groups excluding tert-OH is 2. The Labute approximate surface area is 210 Å². The zero-order chi connectivity index (χ0) is 25.9. The molecule has 0 saturated carbocycles. The first kappa shape index (κ1) is 24.5. The van der Waals surface area contributed by atoms with Gasteiger partial charge in [-0.15, -0.1) is 0 Å². The summed E-state index contributed by atoms with van der Waals surface area (Å²) in [5, 5.41) is 39.3. The smallest absolute Gasteiger partial charge is 0.407 e. The van der Waals surface area contributed by atoms with Crippen molar-refractivity contribution in [2.24, 2.45) is 4.99 Å². The maximum absolute atomic E-state index is 11.6. The van der Waals surface area contributed by atoms with Crippen molar-refractivity contribution >= 4 is 34.6 Å². The third-order valence-electron chi connectivity index (χ3n) is 6.24.